The van der Waals surface area contributed by atoms with Crippen LogP contribution in [0.4, 0.5) is 0 Å². The highest BCUT2D eigenvalue weighted by Crippen LogP contribution is 2.08. The van der Waals surface area contributed by atoms with E-state index in [2.05, 4.69) is 5.32 Å². The third-order valence-electron chi connectivity index (χ3n) is 2.67. The van der Waals surface area contributed by atoms with Crippen LogP contribution < -0.4 is 5.32 Å². The van der Waals surface area contributed by atoms with Crippen molar-refractivity contribution in [3.05, 3.63) is 29.7 Å². The van der Waals surface area contributed by atoms with E-state index in [1.54, 1.807) is 12.1 Å². The number of carbonyl (C=O) groups excluding carboxylic acids is 1. The normalized spacial score (nSPS) is 14.8. The Kier molecular flexibility index (Phi) is 4.97. The van der Waals surface area contributed by atoms with Crippen molar-refractivity contribution in [1.82, 2.24) is 5.32 Å². The van der Waals surface area contributed by atoms with E-state index in [9.17, 15) is 4.79 Å². The second kappa shape index (κ2) is 6.25. The molecule has 0 radical (unpaired) electrons. The summed E-state index contributed by atoms with van der Waals surface area (Å²) in [5.74, 6) is 1.32. The topological polar surface area (TPSA) is 62.5 Å². The molecular weight excluding hydrogens is 218 g/mol. The van der Waals surface area contributed by atoms with Gasteiger partial charge in [-0.3, -0.25) is 4.79 Å². The third kappa shape index (κ3) is 4.44. The molecule has 0 saturated carbocycles. The van der Waals surface area contributed by atoms with Gasteiger partial charge in [-0.05, 0) is 38.0 Å². The van der Waals surface area contributed by atoms with E-state index >= 15 is 0 Å². The van der Waals surface area contributed by atoms with E-state index < -0.39 is 0 Å². The second-order valence-electron chi connectivity index (χ2n) is 4.24. The number of hydrogen-bond acceptors (Lipinski definition) is 3. The van der Waals surface area contributed by atoms with Gasteiger partial charge < -0.3 is 14.8 Å². The lowest BCUT2D eigenvalue weighted by molar-refractivity contribution is -0.117. The minimum Gasteiger partial charge on any atom is -0.462 e. The number of furan rings is 1. The largest absolute Gasteiger partial charge is 0.462 e. The Balaban J connectivity index is 2.47. The van der Waals surface area contributed by atoms with Gasteiger partial charge in [-0.25, -0.2) is 0 Å². The molecule has 1 aromatic heterocycles. The van der Waals surface area contributed by atoms with Crippen molar-refractivity contribution in [2.45, 2.75) is 26.8 Å². The van der Waals surface area contributed by atoms with E-state index in [-0.39, 0.29) is 24.5 Å². The number of nitrogens with one attached hydrogen (secondary N) is 1. The van der Waals surface area contributed by atoms with Gasteiger partial charge in [0.2, 0.25) is 5.91 Å². The van der Waals surface area contributed by atoms with Crippen molar-refractivity contribution in [2.24, 2.45) is 5.92 Å². The van der Waals surface area contributed by atoms with Crippen LogP contribution in [0.25, 0.3) is 6.08 Å². The number of hydrogen-bond donors (Lipinski definition) is 2. The van der Waals surface area contributed by atoms with Crippen LogP contribution >= 0.6 is 0 Å². The van der Waals surface area contributed by atoms with Gasteiger partial charge in [-0.2, -0.15) is 0 Å². The smallest absolute Gasteiger partial charge is 0.244 e. The highest BCUT2D eigenvalue weighted by molar-refractivity contribution is 5.91. The van der Waals surface area contributed by atoms with E-state index in [0.29, 0.717) is 5.76 Å². The molecule has 0 aliphatic carbocycles. The molecule has 0 spiro atoms. The van der Waals surface area contributed by atoms with Gasteiger partial charge in [-0.15, -0.1) is 0 Å². The average Bonchev–Trinajstić information content (AvgIpc) is 2.71. The average molecular weight is 237 g/mol. The molecule has 0 aromatic carbocycles. The van der Waals surface area contributed by atoms with Gasteiger partial charge in [0.15, 0.2) is 0 Å². The summed E-state index contributed by atoms with van der Waals surface area (Å²) in [6, 6.07) is 3.59. The first-order valence-corrected chi connectivity index (χ1v) is 5.68. The summed E-state index contributed by atoms with van der Waals surface area (Å²) in [6.45, 7) is 5.65. The molecule has 94 valence electrons. The van der Waals surface area contributed by atoms with Crippen LogP contribution in [-0.4, -0.2) is 23.7 Å². The highest BCUT2D eigenvalue weighted by Gasteiger charge is 2.12. The Hall–Kier alpha value is -1.55. The molecule has 4 heteroatoms. The molecule has 1 amide bonds. The van der Waals surface area contributed by atoms with Gasteiger partial charge >= 0.3 is 0 Å². The number of amides is 1. The van der Waals surface area contributed by atoms with E-state index in [4.69, 9.17) is 9.52 Å². The number of rotatable bonds is 5. The van der Waals surface area contributed by atoms with E-state index in [1.807, 2.05) is 26.8 Å². The molecule has 2 N–H and O–H groups in total. The summed E-state index contributed by atoms with van der Waals surface area (Å²) in [5.41, 5.74) is 0. The molecule has 1 rings (SSSR count). The first kappa shape index (κ1) is 13.5. The van der Waals surface area contributed by atoms with Crippen LogP contribution in [0.2, 0.25) is 0 Å². The fourth-order valence-electron chi connectivity index (χ4n) is 1.27. The zero-order valence-corrected chi connectivity index (χ0v) is 10.4. The fraction of sp³-hybridized carbons (Fsp3) is 0.462. The predicted octanol–water partition coefficient (Wildman–Crippen LogP) is 1.73. The number of aliphatic hydroxyl groups excluding tert-OH is 1. The summed E-state index contributed by atoms with van der Waals surface area (Å²) in [6.07, 6.45) is 3.05. The van der Waals surface area contributed by atoms with Crippen LogP contribution in [0.1, 0.15) is 25.4 Å². The summed E-state index contributed by atoms with van der Waals surface area (Å²) in [4.78, 5) is 11.5. The standard InChI is InChI=1S/C13H19NO3/c1-9(8-15)11(3)14-13(16)7-6-12-5-4-10(2)17-12/h4-7,9,11,15H,8H2,1-3H3,(H,14,16)/b7-6+. The summed E-state index contributed by atoms with van der Waals surface area (Å²) < 4.78 is 5.30. The summed E-state index contributed by atoms with van der Waals surface area (Å²) in [7, 11) is 0. The molecule has 0 aliphatic rings. The third-order valence-corrected chi connectivity index (χ3v) is 2.67. The monoisotopic (exact) mass is 237 g/mol. The van der Waals surface area contributed by atoms with E-state index in [0.717, 1.165) is 5.76 Å². The Morgan fingerprint density at radius 3 is 2.76 bits per heavy atom. The lowest BCUT2D eigenvalue weighted by Crippen LogP contribution is -2.37. The first-order valence-electron chi connectivity index (χ1n) is 5.68. The molecule has 2 unspecified atom stereocenters. The second-order valence-corrected chi connectivity index (χ2v) is 4.24. The van der Waals surface area contributed by atoms with Crippen molar-refractivity contribution in [2.75, 3.05) is 6.61 Å². The first-order chi connectivity index (χ1) is 8.02. The highest BCUT2D eigenvalue weighted by atomic mass is 16.3. The van der Waals surface area contributed by atoms with Crippen molar-refractivity contribution in [1.29, 1.82) is 0 Å². The number of carbonyl (C=O) groups is 1. The molecule has 0 aliphatic heterocycles. The maximum Gasteiger partial charge on any atom is 0.244 e. The minimum absolute atomic E-state index is 0.0400. The summed E-state index contributed by atoms with van der Waals surface area (Å²) >= 11 is 0. The number of aliphatic hydroxyl groups is 1. The Bertz CT molecular complexity index is 395. The van der Waals surface area contributed by atoms with E-state index in [1.165, 1.54) is 6.08 Å². The maximum absolute atomic E-state index is 11.5. The van der Waals surface area contributed by atoms with Crippen molar-refractivity contribution in [3.63, 3.8) is 0 Å². The minimum atomic E-state index is -0.188. The van der Waals surface area contributed by atoms with Crippen molar-refractivity contribution < 1.29 is 14.3 Å². The van der Waals surface area contributed by atoms with Gasteiger partial charge in [0.05, 0.1) is 0 Å². The predicted molar refractivity (Wildman–Crippen MR) is 66.3 cm³/mol. The van der Waals surface area contributed by atoms with Crippen LogP contribution in [0.5, 0.6) is 0 Å². The summed E-state index contributed by atoms with van der Waals surface area (Å²) in [5, 5.41) is 11.7. The molecular formula is C13H19NO3. The Labute approximate surface area is 101 Å². The molecule has 1 aromatic rings. The molecule has 2 atom stereocenters. The quantitative estimate of drug-likeness (QED) is 0.767. The fourth-order valence-corrected chi connectivity index (χ4v) is 1.27. The zero-order chi connectivity index (χ0) is 12.8. The molecule has 0 bridgehead atoms. The van der Waals surface area contributed by atoms with Crippen LogP contribution in [0, 0.1) is 12.8 Å². The van der Waals surface area contributed by atoms with Gasteiger partial charge in [-0.1, -0.05) is 6.92 Å². The SMILES string of the molecule is Cc1ccc(/C=C/C(=O)NC(C)C(C)CO)o1. The molecule has 17 heavy (non-hydrogen) atoms. The number of aryl methyl sites for hydroxylation is 1. The molecule has 0 fully saturated rings. The van der Waals surface area contributed by atoms with Crippen molar-refractivity contribution >= 4 is 12.0 Å². The van der Waals surface area contributed by atoms with Gasteiger partial charge in [0.25, 0.3) is 0 Å². The van der Waals surface area contributed by atoms with Gasteiger partial charge in [0.1, 0.15) is 11.5 Å². The zero-order valence-electron chi connectivity index (χ0n) is 10.4. The molecule has 4 nitrogen and oxygen atoms in total. The van der Waals surface area contributed by atoms with Gasteiger partial charge in [0, 0.05) is 18.7 Å². The maximum atomic E-state index is 11.5. The lowest BCUT2D eigenvalue weighted by Gasteiger charge is -2.17. The lowest BCUT2D eigenvalue weighted by atomic mass is 10.1. The van der Waals surface area contributed by atoms with Crippen LogP contribution in [-0.2, 0) is 4.79 Å². The Morgan fingerprint density at radius 1 is 1.53 bits per heavy atom. The van der Waals surface area contributed by atoms with Crippen LogP contribution in [0.3, 0.4) is 0 Å². The molecule has 0 saturated heterocycles. The molecule has 1 heterocycles. The van der Waals surface area contributed by atoms with Crippen LogP contribution in [0.15, 0.2) is 22.6 Å². The van der Waals surface area contributed by atoms with Crippen molar-refractivity contribution in [3.8, 4) is 0 Å². The Morgan fingerprint density at radius 2 is 2.24 bits per heavy atom.